The van der Waals surface area contributed by atoms with Crippen LogP contribution in [-0.4, -0.2) is 35.6 Å². The monoisotopic (exact) mass is 354 g/mol. The molecule has 0 atom stereocenters. The fraction of sp³-hybridized carbons (Fsp3) is 0.294. The SMILES string of the molecule is Cc1ccc(Sc2ncccc2C(=O)N(C)CC(F)(F)F)c(C)c1. The molecule has 0 aliphatic rings. The van der Waals surface area contributed by atoms with E-state index >= 15 is 0 Å². The Balaban J connectivity index is 2.28. The molecule has 0 radical (unpaired) electrons. The van der Waals surface area contributed by atoms with Gasteiger partial charge in [-0.25, -0.2) is 4.98 Å². The molecule has 0 unspecified atom stereocenters. The van der Waals surface area contributed by atoms with E-state index in [0.29, 0.717) is 9.93 Å². The van der Waals surface area contributed by atoms with Crippen LogP contribution in [0.3, 0.4) is 0 Å². The molecule has 3 nitrogen and oxygen atoms in total. The predicted molar refractivity (Wildman–Crippen MR) is 87.3 cm³/mol. The Bertz CT molecular complexity index is 747. The number of hydrogen-bond acceptors (Lipinski definition) is 3. The number of pyridine rings is 1. The normalized spacial score (nSPS) is 11.4. The van der Waals surface area contributed by atoms with E-state index in [1.54, 1.807) is 6.07 Å². The Morgan fingerprint density at radius 1 is 1.25 bits per heavy atom. The Labute approximate surface area is 142 Å². The molecule has 0 fully saturated rings. The summed E-state index contributed by atoms with van der Waals surface area (Å²) >= 11 is 1.27. The molecule has 7 heteroatoms. The lowest BCUT2D eigenvalue weighted by Gasteiger charge is -2.20. The molecule has 0 N–H and O–H groups in total. The lowest BCUT2D eigenvalue weighted by molar-refractivity contribution is -0.138. The first-order valence-corrected chi connectivity index (χ1v) is 8.01. The van der Waals surface area contributed by atoms with Gasteiger partial charge in [0.1, 0.15) is 11.6 Å². The Morgan fingerprint density at radius 3 is 2.58 bits per heavy atom. The Hall–Kier alpha value is -2.02. The van der Waals surface area contributed by atoms with Crippen LogP contribution in [0, 0.1) is 13.8 Å². The van der Waals surface area contributed by atoms with Crippen LogP contribution in [-0.2, 0) is 0 Å². The second kappa shape index (κ2) is 7.25. The maximum atomic E-state index is 12.5. The van der Waals surface area contributed by atoms with Gasteiger partial charge in [0.15, 0.2) is 0 Å². The third-order valence-corrected chi connectivity index (χ3v) is 4.50. The summed E-state index contributed by atoms with van der Waals surface area (Å²) in [6, 6.07) is 8.89. The lowest BCUT2D eigenvalue weighted by atomic mass is 10.2. The largest absolute Gasteiger partial charge is 0.406 e. The fourth-order valence-electron chi connectivity index (χ4n) is 2.20. The second-order valence-corrected chi connectivity index (χ2v) is 6.53. The predicted octanol–water partition coefficient (Wildman–Crippen LogP) is 4.48. The van der Waals surface area contributed by atoms with Gasteiger partial charge in [-0.05, 0) is 37.6 Å². The number of carbonyl (C=O) groups is 1. The average Bonchev–Trinajstić information content (AvgIpc) is 2.48. The van der Waals surface area contributed by atoms with Crippen molar-refractivity contribution >= 4 is 17.7 Å². The number of alkyl halides is 3. The molecule has 1 heterocycles. The minimum atomic E-state index is -4.44. The van der Waals surface area contributed by atoms with Gasteiger partial charge >= 0.3 is 6.18 Å². The van der Waals surface area contributed by atoms with Gasteiger partial charge < -0.3 is 4.90 Å². The molecule has 0 aliphatic heterocycles. The van der Waals surface area contributed by atoms with Crippen LogP contribution < -0.4 is 0 Å². The molecule has 24 heavy (non-hydrogen) atoms. The summed E-state index contributed by atoms with van der Waals surface area (Å²) in [6.07, 6.45) is -2.92. The highest BCUT2D eigenvalue weighted by molar-refractivity contribution is 7.99. The summed E-state index contributed by atoms with van der Waals surface area (Å²) in [5.74, 6) is -0.701. The van der Waals surface area contributed by atoms with Crippen molar-refractivity contribution < 1.29 is 18.0 Å². The number of nitrogens with zero attached hydrogens (tertiary/aromatic N) is 2. The third-order valence-electron chi connectivity index (χ3n) is 3.30. The van der Waals surface area contributed by atoms with Crippen LogP contribution in [0.25, 0.3) is 0 Å². The quantitative estimate of drug-likeness (QED) is 0.811. The highest BCUT2D eigenvalue weighted by Gasteiger charge is 2.32. The van der Waals surface area contributed by atoms with Gasteiger partial charge in [0.2, 0.25) is 0 Å². The molecule has 128 valence electrons. The van der Waals surface area contributed by atoms with E-state index in [9.17, 15) is 18.0 Å². The first-order chi connectivity index (χ1) is 11.2. The van der Waals surface area contributed by atoms with Crippen molar-refractivity contribution in [2.75, 3.05) is 13.6 Å². The van der Waals surface area contributed by atoms with E-state index in [1.165, 1.54) is 24.0 Å². The van der Waals surface area contributed by atoms with Crippen LogP contribution >= 0.6 is 11.8 Å². The second-order valence-electron chi connectivity index (χ2n) is 5.50. The molecule has 2 aromatic rings. The Morgan fingerprint density at radius 2 is 1.96 bits per heavy atom. The summed E-state index contributed by atoms with van der Waals surface area (Å²) in [5.41, 5.74) is 2.29. The zero-order valence-electron chi connectivity index (χ0n) is 13.5. The number of amides is 1. The number of benzene rings is 1. The third kappa shape index (κ3) is 4.74. The number of rotatable bonds is 4. The highest BCUT2D eigenvalue weighted by atomic mass is 32.2. The van der Waals surface area contributed by atoms with Crippen molar-refractivity contribution in [2.45, 2.75) is 29.9 Å². The van der Waals surface area contributed by atoms with Crippen molar-refractivity contribution in [3.05, 3.63) is 53.2 Å². The molecule has 1 aromatic heterocycles. The van der Waals surface area contributed by atoms with Crippen molar-refractivity contribution in [2.24, 2.45) is 0 Å². The molecule has 1 amide bonds. The molecule has 0 bridgehead atoms. The molecule has 0 saturated heterocycles. The number of halogens is 3. The molecular formula is C17H17F3N2OS. The minimum Gasteiger partial charge on any atom is -0.333 e. The molecular weight excluding hydrogens is 337 g/mol. The van der Waals surface area contributed by atoms with Crippen molar-refractivity contribution in [3.8, 4) is 0 Å². The number of aryl methyl sites for hydroxylation is 2. The summed E-state index contributed by atoms with van der Waals surface area (Å²) in [4.78, 5) is 18.1. The topological polar surface area (TPSA) is 33.2 Å². The lowest BCUT2D eigenvalue weighted by Crippen LogP contribution is -2.36. The molecule has 0 aliphatic carbocycles. The van der Waals surface area contributed by atoms with Gasteiger partial charge in [-0.3, -0.25) is 4.79 Å². The van der Waals surface area contributed by atoms with Gasteiger partial charge in [-0.1, -0.05) is 29.5 Å². The van der Waals surface area contributed by atoms with Crippen molar-refractivity contribution in [3.63, 3.8) is 0 Å². The van der Waals surface area contributed by atoms with E-state index < -0.39 is 18.6 Å². The van der Waals surface area contributed by atoms with Gasteiger partial charge in [0.25, 0.3) is 5.91 Å². The first-order valence-electron chi connectivity index (χ1n) is 7.20. The van der Waals surface area contributed by atoms with Crippen LogP contribution in [0.4, 0.5) is 13.2 Å². The number of hydrogen-bond donors (Lipinski definition) is 0. The van der Waals surface area contributed by atoms with Crippen LogP contribution in [0.5, 0.6) is 0 Å². The molecule has 2 rings (SSSR count). The van der Waals surface area contributed by atoms with Crippen LogP contribution in [0.2, 0.25) is 0 Å². The van der Waals surface area contributed by atoms with E-state index in [1.807, 2.05) is 32.0 Å². The highest BCUT2D eigenvalue weighted by Crippen LogP contribution is 2.32. The molecule has 0 spiro atoms. The van der Waals surface area contributed by atoms with Gasteiger partial charge in [-0.15, -0.1) is 0 Å². The van der Waals surface area contributed by atoms with E-state index in [-0.39, 0.29) is 5.56 Å². The Kier molecular flexibility index (Phi) is 5.54. The van der Waals surface area contributed by atoms with Crippen molar-refractivity contribution in [1.82, 2.24) is 9.88 Å². The first kappa shape index (κ1) is 18.3. The van der Waals surface area contributed by atoms with Crippen molar-refractivity contribution in [1.29, 1.82) is 0 Å². The maximum Gasteiger partial charge on any atom is 0.406 e. The van der Waals surface area contributed by atoms with Gasteiger partial charge in [-0.2, -0.15) is 13.2 Å². The summed E-state index contributed by atoms with van der Waals surface area (Å²) in [5, 5.41) is 0.392. The molecule has 1 aromatic carbocycles. The fourth-order valence-corrected chi connectivity index (χ4v) is 3.14. The molecule has 0 saturated carbocycles. The minimum absolute atomic E-state index is 0.161. The maximum absolute atomic E-state index is 12.5. The average molecular weight is 354 g/mol. The summed E-state index contributed by atoms with van der Waals surface area (Å²) in [6.45, 7) is 2.62. The number of aromatic nitrogens is 1. The zero-order valence-corrected chi connectivity index (χ0v) is 14.3. The van der Waals surface area contributed by atoms with E-state index in [0.717, 1.165) is 23.1 Å². The summed E-state index contributed by atoms with van der Waals surface area (Å²) < 4.78 is 37.5. The zero-order chi connectivity index (χ0) is 17.9. The van der Waals surface area contributed by atoms with E-state index in [4.69, 9.17) is 0 Å². The van der Waals surface area contributed by atoms with Gasteiger partial charge in [0, 0.05) is 18.1 Å². The smallest absolute Gasteiger partial charge is 0.333 e. The van der Waals surface area contributed by atoms with E-state index in [2.05, 4.69) is 4.98 Å². The number of carbonyl (C=O) groups excluding carboxylic acids is 1. The standard InChI is InChI=1S/C17H17F3N2OS/c1-11-6-7-14(12(2)9-11)24-15-13(5-4-8-21-15)16(23)22(3)10-17(18,19)20/h4-9H,10H2,1-3H3. The van der Waals surface area contributed by atoms with Crippen LogP contribution in [0.1, 0.15) is 21.5 Å². The van der Waals surface area contributed by atoms with Gasteiger partial charge in [0.05, 0.1) is 5.56 Å². The summed E-state index contributed by atoms with van der Waals surface area (Å²) in [7, 11) is 1.13. The van der Waals surface area contributed by atoms with Crippen LogP contribution in [0.15, 0.2) is 46.5 Å².